The minimum Gasteiger partial charge on any atom is -0.774 e. The number of rotatable bonds is 8. The molecular formula is C26H28NiS8-4. The molecule has 2 aliphatic carbocycles. The van der Waals surface area contributed by atoms with E-state index in [1.54, 1.807) is 47.0 Å². The molecule has 2 saturated carbocycles. The standard InChI is InChI=1S/2C13H16S4.Ni/c2*14-12(16-10-6-2-1-3-7-10)13(15)17-11-8-4-5-9-11;/h2*1-3,6-7,11,14-15H,4-5,8-9H2;/p-4/b2*13-12-;. The van der Waals surface area contributed by atoms with Crippen molar-refractivity contribution in [3.05, 3.63) is 77.6 Å². The molecule has 0 saturated heterocycles. The van der Waals surface area contributed by atoms with Gasteiger partial charge >= 0.3 is 0 Å². The Morgan fingerprint density at radius 1 is 0.514 bits per heavy atom. The van der Waals surface area contributed by atoms with Crippen molar-refractivity contribution in [3.63, 3.8) is 0 Å². The summed E-state index contributed by atoms with van der Waals surface area (Å²) in [4.78, 5) is 2.35. The van der Waals surface area contributed by atoms with Crippen molar-refractivity contribution >= 4 is 97.6 Å². The van der Waals surface area contributed by atoms with E-state index in [0.29, 0.717) is 10.5 Å². The van der Waals surface area contributed by atoms with E-state index in [2.05, 4.69) is 24.3 Å². The SMILES string of the molecule is [Ni].[S-]/C(Sc1ccccc1)=C(\[S-])SC1CCCC1.[S-]/C(Sc1ccccc1)=C(\[S-])SC1CCCC1. The van der Waals surface area contributed by atoms with Crippen molar-refractivity contribution in [1.82, 2.24) is 0 Å². The summed E-state index contributed by atoms with van der Waals surface area (Å²) in [6, 6.07) is 20.4. The van der Waals surface area contributed by atoms with Crippen LogP contribution in [-0.4, -0.2) is 10.5 Å². The van der Waals surface area contributed by atoms with E-state index in [4.69, 9.17) is 50.5 Å². The van der Waals surface area contributed by atoms with E-state index < -0.39 is 0 Å². The van der Waals surface area contributed by atoms with E-state index in [1.165, 1.54) is 61.2 Å². The zero-order chi connectivity index (χ0) is 24.2. The Balaban J connectivity index is 0.000000240. The number of hydrogen-bond acceptors (Lipinski definition) is 8. The van der Waals surface area contributed by atoms with Gasteiger partial charge in [-0.25, -0.2) is 0 Å². The molecule has 194 valence electrons. The third-order valence-corrected chi connectivity index (χ3v) is 12.6. The fourth-order valence-corrected chi connectivity index (χ4v) is 9.27. The van der Waals surface area contributed by atoms with Crippen LogP contribution in [0.5, 0.6) is 0 Å². The molecule has 0 nitrogen and oxygen atoms in total. The van der Waals surface area contributed by atoms with Crippen LogP contribution >= 0.6 is 47.0 Å². The molecule has 0 amide bonds. The summed E-state index contributed by atoms with van der Waals surface area (Å²) in [5.74, 6) is 0. The molecule has 0 spiro atoms. The van der Waals surface area contributed by atoms with Crippen molar-refractivity contribution < 1.29 is 16.5 Å². The molecule has 0 radical (unpaired) electrons. The second kappa shape index (κ2) is 18.1. The van der Waals surface area contributed by atoms with Gasteiger partial charge in [0, 0.05) is 36.8 Å². The number of benzene rings is 2. The summed E-state index contributed by atoms with van der Waals surface area (Å²) in [7, 11) is 0. The maximum absolute atomic E-state index is 5.41. The van der Waals surface area contributed by atoms with Gasteiger partial charge in [0.05, 0.1) is 0 Å². The van der Waals surface area contributed by atoms with E-state index in [-0.39, 0.29) is 16.5 Å². The van der Waals surface area contributed by atoms with E-state index >= 15 is 0 Å². The Labute approximate surface area is 260 Å². The van der Waals surface area contributed by atoms with Gasteiger partial charge in [0.15, 0.2) is 0 Å². The van der Waals surface area contributed by atoms with Gasteiger partial charge in [0.1, 0.15) is 0 Å². The van der Waals surface area contributed by atoms with Crippen LogP contribution in [0.3, 0.4) is 0 Å². The molecule has 35 heavy (non-hydrogen) atoms. The molecule has 0 aromatic heterocycles. The first-order chi connectivity index (χ1) is 16.5. The second-order valence-corrected chi connectivity index (χ2v) is 15.5. The van der Waals surface area contributed by atoms with Crippen LogP contribution < -0.4 is 0 Å². The smallest absolute Gasteiger partial charge is 0.0100 e. The molecule has 2 fully saturated rings. The van der Waals surface area contributed by atoms with Gasteiger partial charge in [-0.1, -0.05) is 62.1 Å². The summed E-state index contributed by atoms with van der Waals surface area (Å²) in [5.41, 5.74) is 0. The van der Waals surface area contributed by atoms with Crippen LogP contribution in [0.2, 0.25) is 0 Å². The fourth-order valence-electron chi connectivity index (χ4n) is 3.69. The third kappa shape index (κ3) is 12.4. The third-order valence-electron chi connectivity index (χ3n) is 5.39. The first kappa shape index (κ1) is 31.9. The zero-order valence-electron chi connectivity index (χ0n) is 19.2. The van der Waals surface area contributed by atoms with Gasteiger partial charge in [0.2, 0.25) is 0 Å². The average Bonchev–Trinajstić information content (AvgIpc) is 3.55. The summed E-state index contributed by atoms with van der Waals surface area (Å²) in [6.07, 6.45) is 10.6. The van der Waals surface area contributed by atoms with Crippen molar-refractivity contribution in [2.24, 2.45) is 0 Å². The molecule has 0 unspecified atom stereocenters. The van der Waals surface area contributed by atoms with Crippen molar-refractivity contribution in [2.45, 2.75) is 71.7 Å². The van der Waals surface area contributed by atoms with E-state index in [0.717, 1.165) is 16.9 Å². The molecule has 0 aliphatic heterocycles. The van der Waals surface area contributed by atoms with Gasteiger partial charge in [-0.05, 0) is 49.9 Å². The van der Waals surface area contributed by atoms with E-state index in [1.807, 2.05) is 36.4 Å². The Bertz CT molecular complexity index is 843. The van der Waals surface area contributed by atoms with Crippen LogP contribution in [0.4, 0.5) is 0 Å². The minimum atomic E-state index is 0. The molecule has 9 heteroatoms. The Kier molecular flexibility index (Phi) is 16.5. The number of hydrogen-bond donors (Lipinski definition) is 0. The Hall–Kier alpha value is 0.694. The van der Waals surface area contributed by atoms with Crippen LogP contribution in [0.25, 0.3) is 0 Å². The first-order valence-corrected chi connectivity index (χ1v) is 16.5. The largest absolute Gasteiger partial charge is 0.774 e. The summed E-state index contributed by atoms with van der Waals surface area (Å²) in [5, 5.41) is 1.41. The van der Waals surface area contributed by atoms with Crippen LogP contribution in [0.1, 0.15) is 51.4 Å². The molecule has 0 atom stereocenters. The maximum atomic E-state index is 5.41. The van der Waals surface area contributed by atoms with Gasteiger partial charge in [-0.2, -0.15) is 32.0 Å². The molecule has 4 rings (SSSR count). The molecule has 2 aliphatic rings. The molecule has 0 heterocycles. The fraction of sp³-hybridized carbons (Fsp3) is 0.385. The number of thioether (sulfide) groups is 4. The summed E-state index contributed by atoms with van der Waals surface area (Å²) >= 11 is 28.4. The molecule has 0 bridgehead atoms. The maximum Gasteiger partial charge on any atom is 0.0100 e. The summed E-state index contributed by atoms with van der Waals surface area (Å²) in [6.45, 7) is 0. The topological polar surface area (TPSA) is 0 Å². The van der Waals surface area contributed by atoms with Gasteiger partial charge in [-0.15, -0.1) is 32.0 Å². The van der Waals surface area contributed by atoms with Crippen molar-refractivity contribution in [2.75, 3.05) is 0 Å². The Morgan fingerprint density at radius 2 is 0.829 bits per heavy atom. The second-order valence-electron chi connectivity index (χ2n) is 8.03. The first-order valence-electron chi connectivity index (χ1n) is 11.5. The van der Waals surface area contributed by atoms with Gasteiger partial charge in [-0.3, -0.25) is 0 Å². The molecule has 0 N–H and O–H groups in total. The normalized spacial score (nSPS) is 17.6. The predicted molar refractivity (Wildman–Crippen MR) is 168 cm³/mol. The molecule has 2 aromatic carbocycles. The van der Waals surface area contributed by atoms with Crippen molar-refractivity contribution in [3.8, 4) is 0 Å². The molecule has 2 aromatic rings. The van der Waals surface area contributed by atoms with E-state index in [9.17, 15) is 0 Å². The van der Waals surface area contributed by atoms with Crippen LogP contribution in [0, 0.1) is 0 Å². The monoisotopic (exact) mass is 654 g/mol. The quantitative estimate of drug-likeness (QED) is 0.155. The average molecular weight is 656 g/mol. The van der Waals surface area contributed by atoms with Crippen LogP contribution in [-0.2, 0) is 67.0 Å². The predicted octanol–water partition coefficient (Wildman–Crippen LogP) is 9.35. The minimum absolute atomic E-state index is 0. The Morgan fingerprint density at radius 3 is 1.14 bits per heavy atom. The van der Waals surface area contributed by atoms with Gasteiger partial charge < -0.3 is 50.5 Å². The molecular weight excluding hydrogens is 628 g/mol. The van der Waals surface area contributed by atoms with Crippen LogP contribution in [0.15, 0.2) is 87.4 Å². The summed E-state index contributed by atoms with van der Waals surface area (Å²) < 4.78 is 3.51. The van der Waals surface area contributed by atoms with Gasteiger partial charge in [0.25, 0.3) is 0 Å². The zero-order valence-corrected chi connectivity index (χ0v) is 26.7. The van der Waals surface area contributed by atoms with Crippen molar-refractivity contribution in [1.29, 1.82) is 0 Å².